The van der Waals surface area contributed by atoms with E-state index in [1.807, 2.05) is 0 Å². The molecule has 0 amide bonds. The topological polar surface area (TPSA) is 138 Å². The average molecular weight is 607 g/mol. The molecule has 1 fully saturated rings. The minimum absolute atomic E-state index is 0.00550. The number of aryl methyl sites for hydroxylation is 1. The molecule has 0 aliphatic carbocycles. The van der Waals surface area contributed by atoms with Gasteiger partial charge in [0.05, 0.1) is 36.4 Å². The molecule has 1 atom stereocenters. The number of nitrogens with one attached hydrogen (secondary N) is 1. The monoisotopic (exact) mass is 606 g/mol. The first-order chi connectivity index (χ1) is 20.1. The van der Waals surface area contributed by atoms with E-state index in [2.05, 4.69) is 10.2 Å². The Morgan fingerprint density at radius 3 is 2.71 bits per heavy atom. The molecule has 2 N–H and O–H groups in total. The molecule has 11 nitrogen and oxygen atoms in total. The number of aromatic amines is 1. The van der Waals surface area contributed by atoms with Crippen LogP contribution in [0.1, 0.15) is 36.6 Å². The molecule has 2 aromatic carbocycles. The molecule has 1 aliphatic heterocycles. The summed E-state index contributed by atoms with van der Waals surface area (Å²) in [4.78, 5) is -0.186. The highest BCUT2D eigenvalue weighted by Gasteiger charge is 2.33. The molecule has 14 heteroatoms. The number of alkyl halides is 2. The second kappa shape index (κ2) is 12.8. The smallest absolute Gasteiger partial charge is 0.421 e. The van der Waals surface area contributed by atoms with Gasteiger partial charge in [-0.05, 0) is 62.4 Å². The lowest BCUT2D eigenvalue weighted by Gasteiger charge is -2.23. The fourth-order valence-electron chi connectivity index (χ4n) is 4.86. The number of ether oxygens (including phenoxy) is 4. The summed E-state index contributed by atoms with van der Waals surface area (Å²) in [5.41, 5.74) is 3.24. The molecule has 226 valence electrons. The number of fused-ring (bicyclic) bond motifs is 1. The number of H-pyrrole nitrogens is 1. The summed E-state index contributed by atoms with van der Waals surface area (Å²) in [7, 11) is -4.37. The number of halogens is 2. The third kappa shape index (κ3) is 7.31. The molecule has 1 saturated heterocycles. The summed E-state index contributed by atoms with van der Waals surface area (Å²) >= 11 is 0. The van der Waals surface area contributed by atoms with Gasteiger partial charge in [0.1, 0.15) is 11.4 Å². The van der Waals surface area contributed by atoms with Crippen molar-refractivity contribution in [2.75, 3.05) is 33.0 Å². The SMILES string of the molecule is Cc1ccc(S(=O)(=O)O)c(CCOCCOCC(F)(F)Oc2ccc3c(c2)c(-c2cn[nH]c2)nn3C2CCCCO2)c1. The van der Waals surface area contributed by atoms with Crippen LogP contribution < -0.4 is 4.74 Å². The van der Waals surface area contributed by atoms with Gasteiger partial charge in [-0.3, -0.25) is 9.65 Å². The Kier molecular flexibility index (Phi) is 9.18. The van der Waals surface area contributed by atoms with E-state index in [1.54, 1.807) is 42.2 Å². The van der Waals surface area contributed by atoms with Crippen molar-refractivity contribution < 1.29 is 40.7 Å². The summed E-state index contributed by atoms with van der Waals surface area (Å²) in [6.07, 6.45) is 2.44. The maximum absolute atomic E-state index is 14.6. The van der Waals surface area contributed by atoms with E-state index in [0.717, 1.165) is 30.3 Å². The van der Waals surface area contributed by atoms with E-state index in [9.17, 15) is 21.8 Å². The molecule has 5 rings (SSSR count). The summed E-state index contributed by atoms with van der Waals surface area (Å²) in [6.45, 7) is 1.42. The van der Waals surface area contributed by atoms with Crippen LogP contribution in [-0.2, 0) is 30.7 Å². The lowest BCUT2D eigenvalue weighted by atomic mass is 10.1. The van der Waals surface area contributed by atoms with E-state index in [-0.39, 0.29) is 43.1 Å². The van der Waals surface area contributed by atoms with Crippen LogP contribution in [0.5, 0.6) is 5.75 Å². The van der Waals surface area contributed by atoms with Crippen molar-refractivity contribution in [1.29, 1.82) is 0 Å². The van der Waals surface area contributed by atoms with Gasteiger partial charge in [0, 0.05) is 23.8 Å². The number of rotatable bonds is 13. The Bertz CT molecular complexity index is 1600. The predicted octanol–water partition coefficient (Wildman–Crippen LogP) is 4.93. The number of benzene rings is 2. The van der Waals surface area contributed by atoms with Gasteiger partial charge in [0.25, 0.3) is 10.1 Å². The van der Waals surface area contributed by atoms with Gasteiger partial charge < -0.3 is 18.9 Å². The molecule has 42 heavy (non-hydrogen) atoms. The second-order valence-corrected chi connectivity index (χ2v) is 11.4. The van der Waals surface area contributed by atoms with Crippen molar-refractivity contribution >= 4 is 21.0 Å². The van der Waals surface area contributed by atoms with Crippen LogP contribution in [0.3, 0.4) is 0 Å². The summed E-state index contributed by atoms with van der Waals surface area (Å²) < 4.78 is 85.0. The average Bonchev–Trinajstić information content (AvgIpc) is 3.60. The van der Waals surface area contributed by atoms with Gasteiger partial charge >= 0.3 is 6.11 Å². The first-order valence-corrected chi connectivity index (χ1v) is 15.0. The molecule has 4 aromatic rings. The molecule has 1 aliphatic rings. The third-order valence-electron chi connectivity index (χ3n) is 6.80. The van der Waals surface area contributed by atoms with Crippen molar-refractivity contribution in [2.24, 2.45) is 0 Å². The zero-order valence-electron chi connectivity index (χ0n) is 23.0. The van der Waals surface area contributed by atoms with E-state index in [0.29, 0.717) is 28.8 Å². The standard InChI is InChI=1S/C28H32F2N4O7S/c1-19-5-8-25(42(35,36)37)20(14-19)9-11-38-12-13-39-18-28(29,30)41-22-6-7-24-23(15-22)27(21-16-31-32-17-21)33-34(24)26-4-2-3-10-40-26/h5-8,14-17,26H,2-4,9-13,18H2,1H3,(H,31,32)(H,35,36,37). The molecular weight excluding hydrogens is 574 g/mol. The van der Waals surface area contributed by atoms with Gasteiger partial charge in [-0.15, -0.1) is 0 Å². The van der Waals surface area contributed by atoms with E-state index in [1.165, 1.54) is 18.2 Å². The van der Waals surface area contributed by atoms with Crippen molar-refractivity contribution in [3.8, 4) is 17.0 Å². The first-order valence-electron chi connectivity index (χ1n) is 13.5. The Morgan fingerprint density at radius 1 is 1.14 bits per heavy atom. The number of hydrogen-bond acceptors (Lipinski definition) is 8. The molecule has 3 heterocycles. The van der Waals surface area contributed by atoms with Gasteiger partial charge in [0.2, 0.25) is 0 Å². The Hall–Kier alpha value is -3.43. The maximum Gasteiger partial charge on any atom is 0.421 e. The Morgan fingerprint density at radius 2 is 1.98 bits per heavy atom. The molecule has 1 unspecified atom stereocenters. The molecule has 2 aromatic heterocycles. The number of hydrogen-bond donors (Lipinski definition) is 2. The lowest BCUT2D eigenvalue weighted by Crippen LogP contribution is -2.31. The maximum atomic E-state index is 14.6. The minimum atomic E-state index is -4.37. The summed E-state index contributed by atoms with van der Waals surface area (Å²) in [6, 6.07) is 9.23. The number of nitrogens with zero attached hydrogens (tertiary/aromatic N) is 3. The van der Waals surface area contributed by atoms with Crippen LogP contribution >= 0.6 is 0 Å². The molecule has 0 spiro atoms. The predicted molar refractivity (Wildman–Crippen MR) is 148 cm³/mol. The van der Waals surface area contributed by atoms with Crippen LogP contribution in [0.15, 0.2) is 53.7 Å². The zero-order valence-corrected chi connectivity index (χ0v) is 23.8. The van der Waals surface area contributed by atoms with Crippen LogP contribution in [0.2, 0.25) is 0 Å². The van der Waals surface area contributed by atoms with E-state index >= 15 is 0 Å². The lowest BCUT2D eigenvalue weighted by molar-refractivity contribution is -0.213. The van der Waals surface area contributed by atoms with Crippen LogP contribution in [0.4, 0.5) is 8.78 Å². The van der Waals surface area contributed by atoms with Gasteiger partial charge in [0.15, 0.2) is 12.8 Å². The van der Waals surface area contributed by atoms with Gasteiger partial charge in [-0.1, -0.05) is 17.7 Å². The van der Waals surface area contributed by atoms with Crippen molar-refractivity contribution in [3.63, 3.8) is 0 Å². The van der Waals surface area contributed by atoms with Crippen molar-refractivity contribution in [3.05, 3.63) is 59.9 Å². The molecular formula is C28H32F2N4O7S. The van der Waals surface area contributed by atoms with Gasteiger partial charge in [-0.25, -0.2) is 4.68 Å². The fraction of sp³-hybridized carbons (Fsp3) is 0.429. The molecule has 0 saturated carbocycles. The normalized spacial score (nSPS) is 16.2. The second-order valence-electron chi connectivity index (χ2n) is 10.0. The van der Waals surface area contributed by atoms with Crippen LogP contribution in [0, 0.1) is 6.92 Å². The molecule has 0 bridgehead atoms. The summed E-state index contributed by atoms with van der Waals surface area (Å²) in [5, 5.41) is 12.1. The molecule has 0 radical (unpaired) electrons. The highest BCUT2D eigenvalue weighted by Crippen LogP contribution is 2.35. The third-order valence-corrected chi connectivity index (χ3v) is 7.75. The highest BCUT2D eigenvalue weighted by atomic mass is 32.2. The fourth-order valence-corrected chi connectivity index (χ4v) is 5.60. The van der Waals surface area contributed by atoms with Crippen molar-refractivity contribution in [1.82, 2.24) is 20.0 Å². The summed E-state index contributed by atoms with van der Waals surface area (Å²) in [5.74, 6) is -0.0472. The zero-order chi connectivity index (χ0) is 29.7. The van der Waals surface area contributed by atoms with Crippen molar-refractivity contribution in [2.45, 2.75) is 49.8 Å². The van der Waals surface area contributed by atoms with Crippen LogP contribution in [0.25, 0.3) is 22.2 Å². The van der Waals surface area contributed by atoms with Gasteiger partial charge in [-0.2, -0.15) is 27.4 Å². The number of aromatic nitrogens is 4. The minimum Gasteiger partial charge on any atom is -0.431 e. The highest BCUT2D eigenvalue weighted by molar-refractivity contribution is 7.85. The Labute approximate surface area is 241 Å². The van der Waals surface area contributed by atoms with E-state index in [4.69, 9.17) is 24.0 Å². The largest absolute Gasteiger partial charge is 0.431 e. The van der Waals surface area contributed by atoms with E-state index < -0.39 is 22.8 Å². The quantitative estimate of drug-likeness (QED) is 0.160. The van der Waals surface area contributed by atoms with Crippen LogP contribution in [-0.4, -0.2) is 72.1 Å². The Balaban J connectivity index is 1.16. The first kappa shape index (κ1) is 30.0.